The first-order chi connectivity index (χ1) is 7.71. The summed E-state index contributed by atoms with van der Waals surface area (Å²) in [6.45, 7) is 4.74. The van der Waals surface area contributed by atoms with Gasteiger partial charge in [0.2, 0.25) is 0 Å². The maximum atomic E-state index is 11.6. The Bertz CT molecular complexity index is 512. The Kier molecular flexibility index (Phi) is 3.62. The molecule has 0 radical (unpaired) electrons. The normalized spacial score (nSPS) is 12.4. The lowest BCUT2D eigenvalue weighted by Gasteiger charge is -2.19. The zero-order valence-corrected chi connectivity index (χ0v) is 10.9. The minimum absolute atomic E-state index is 0.0364. The van der Waals surface area contributed by atoms with Gasteiger partial charge in [0.15, 0.2) is 9.84 Å². The highest BCUT2D eigenvalue weighted by atomic mass is 32.2. The largest absolute Gasteiger partial charge is 0.481 e. The van der Waals surface area contributed by atoms with E-state index in [-0.39, 0.29) is 10.6 Å². The van der Waals surface area contributed by atoms with Gasteiger partial charge in [-0.3, -0.25) is 4.79 Å². The van der Waals surface area contributed by atoms with Gasteiger partial charge in [0.1, 0.15) is 0 Å². The first kappa shape index (κ1) is 13.7. The lowest BCUT2D eigenvalue weighted by atomic mass is 9.85. The van der Waals surface area contributed by atoms with Gasteiger partial charge >= 0.3 is 5.97 Å². The number of hydrogen-bond donors (Lipinski definition) is 1. The highest BCUT2D eigenvalue weighted by molar-refractivity contribution is 7.91. The lowest BCUT2D eigenvalue weighted by Crippen LogP contribution is -2.28. The van der Waals surface area contributed by atoms with E-state index >= 15 is 0 Å². The minimum atomic E-state index is -3.23. The van der Waals surface area contributed by atoms with Crippen LogP contribution in [-0.2, 0) is 20.0 Å². The summed E-state index contributed by atoms with van der Waals surface area (Å²) < 4.78 is 23.2. The summed E-state index contributed by atoms with van der Waals surface area (Å²) in [6.07, 6.45) is 0. The van der Waals surface area contributed by atoms with Crippen LogP contribution in [0.15, 0.2) is 29.2 Å². The van der Waals surface area contributed by atoms with Gasteiger partial charge in [-0.2, -0.15) is 0 Å². The van der Waals surface area contributed by atoms with E-state index in [0.29, 0.717) is 5.56 Å². The van der Waals surface area contributed by atoms with Crippen LogP contribution in [-0.4, -0.2) is 25.2 Å². The van der Waals surface area contributed by atoms with Gasteiger partial charge in [-0.05, 0) is 31.5 Å². The molecule has 17 heavy (non-hydrogen) atoms. The van der Waals surface area contributed by atoms with Gasteiger partial charge in [0.05, 0.1) is 16.1 Å². The molecule has 0 aromatic heterocycles. The molecule has 4 nitrogen and oxygen atoms in total. The van der Waals surface area contributed by atoms with E-state index < -0.39 is 21.2 Å². The second-order valence-corrected chi connectivity index (χ2v) is 6.64. The monoisotopic (exact) mass is 256 g/mol. The third-order valence-corrected chi connectivity index (χ3v) is 4.60. The maximum absolute atomic E-state index is 11.6. The number of carbonyl (C=O) groups is 1. The van der Waals surface area contributed by atoms with E-state index in [1.807, 2.05) is 0 Å². The Morgan fingerprint density at radius 2 is 1.71 bits per heavy atom. The summed E-state index contributed by atoms with van der Waals surface area (Å²) in [6, 6.07) is 6.02. The zero-order chi connectivity index (χ0) is 13.3. The van der Waals surface area contributed by atoms with Gasteiger partial charge in [-0.25, -0.2) is 8.42 Å². The maximum Gasteiger partial charge on any atom is 0.313 e. The van der Waals surface area contributed by atoms with Gasteiger partial charge in [-0.15, -0.1) is 0 Å². The van der Waals surface area contributed by atoms with Gasteiger partial charge in [0, 0.05) is 0 Å². The van der Waals surface area contributed by atoms with Crippen molar-refractivity contribution >= 4 is 15.8 Å². The van der Waals surface area contributed by atoms with E-state index in [9.17, 15) is 13.2 Å². The molecule has 1 aromatic carbocycles. The highest BCUT2D eigenvalue weighted by Crippen LogP contribution is 2.24. The van der Waals surface area contributed by atoms with Crippen LogP contribution in [0.1, 0.15) is 26.3 Å². The molecule has 0 aliphatic rings. The minimum Gasteiger partial charge on any atom is -0.481 e. The molecule has 0 aliphatic heterocycles. The average molecular weight is 256 g/mol. The van der Waals surface area contributed by atoms with Crippen molar-refractivity contribution < 1.29 is 18.3 Å². The van der Waals surface area contributed by atoms with E-state index in [1.165, 1.54) is 12.1 Å². The molecule has 1 rings (SSSR count). The zero-order valence-electron chi connectivity index (χ0n) is 10.1. The van der Waals surface area contributed by atoms with E-state index in [4.69, 9.17) is 5.11 Å². The van der Waals surface area contributed by atoms with Crippen molar-refractivity contribution in [3.63, 3.8) is 0 Å². The van der Waals surface area contributed by atoms with E-state index in [2.05, 4.69) is 0 Å². The van der Waals surface area contributed by atoms with E-state index in [0.717, 1.165) is 0 Å². The molecule has 1 N–H and O–H groups in total. The quantitative estimate of drug-likeness (QED) is 0.892. The van der Waals surface area contributed by atoms with Crippen LogP contribution >= 0.6 is 0 Å². The average Bonchev–Trinajstić information content (AvgIpc) is 2.29. The van der Waals surface area contributed by atoms with Crippen LogP contribution in [0.3, 0.4) is 0 Å². The first-order valence-corrected chi connectivity index (χ1v) is 6.93. The topological polar surface area (TPSA) is 71.4 Å². The highest BCUT2D eigenvalue weighted by Gasteiger charge is 2.29. The fourth-order valence-corrected chi connectivity index (χ4v) is 2.25. The molecule has 0 bridgehead atoms. The standard InChI is InChI=1S/C12H16O4S/c1-4-17(15,16)10-7-5-9(6-8-10)12(2,3)11(13)14/h5-8H,4H2,1-3H3,(H,13,14). The molecular formula is C12H16O4S. The van der Waals surface area contributed by atoms with Crippen LogP contribution in [0, 0.1) is 0 Å². The van der Waals surface area contributed by atoms with Gasteiger partial charge < -0.3 is 5.11 Å². The molecule has 0 saturated heterocycles. The number of carboxylic acid groups (broad SMARTS) is 1. The predicted molar refractivity (Wildman–Crippen MR) is 64.8 cm³/mol. The molecule has 0 fully saturated rings. The third-order valence-electron chi connectivity index (χ3n) is 2.85. The molecular weight excluding hydrogens is 240 g/mol. The second kappa shape index (κ2) is 4.49. The summed E-state index contributed by atoms with van der Waals surface area (Å²) in [5.41, 5.74) is -0.436. The molecule has 0 aliphatic carbocycles. The Morgan fingerprint density at radius 3 is 2.06 bits per heavy atom. The Hall–Kier alpha value is -1.36. The Morgan fingerprint density at radius 1 is 1.24 bits per heavy atom. The number of rotatable bonds is 4. The summed E-state index contributed by atoms with van der Waals surface area (Å²) in [5.74, 6) is -0.905. The Balaban J connectivity index is 3.18. The van der Waals surface area contributed by atoms with Gasteiger partial charge in [0.25, 0.3) is 0 Å². The van der Waals surface area contributed by atoms with Crippen molar-refractivity contribution in [2.45, 2.75) is 31.1 Å². The summed E-state index contributed by atoms with van der Waals surface area (Å²) in [4.78, 5) is 11.3. The summed E-state index contributed by atoms with van der Waals surface area (Å²) >= 11 is 0. The molecule has 5 heteroatoms. The Labute approximate surface area is 101 Å². The predicted octanol–water partition coefficient (Wildman–Crippen LogP) is 1.84. The lowest BCUT2D eigenvalue weighted by molar-refractivity contribution is -0.142. The van der Waals surface area contributed by atoms with Crippen LogP contribution in [0.2, 0.25) is 0 Å². The fourth-order valence-electron chi connectivity index (χ4n) is 1.37. The van der Waals surface area contributed by atoms with Crippen molar-refractivity contribution in [2.24, 2.45) is 0 Å². The number of benzene rings is 1. The first-order valence-electron chi connectivity index (χ1n) is 5.28. The molecule has 0 atom stereocenters. The number of sulfone groups is 1. The smallest absolute Gasteiger partial charge is 0.313 e. The van der Waals surface area contributed by atoms with Crippen molar-refractivity contribution in [3.8, 4) is 0 Å². The third kappa shape index (κ3) is 2.66. The van der Waals surface area contributed by atoms with Crippen LogP contribution < -0.4 is 0 Å². The van der Waals surface area contributed by atoms with Crippen molar-refractivity contribution in [1.29, 1.82) is 0 Å². The van der Waals surface area contributed by atoms with Crippen molar-refractivity contribution in [1.82, 2.24) is 0 Å². The molecule has 94 valence electrons. The SMILES string of the molecule is CCS(=O)(=O)c1ccc(C(C)(C)C(=O)O)cc1. The second-order valence-electron chi connectivity index (χ2n) is 4.36. The molecule has 1 aromatic rings. The van der Waals surface area contributed by atoms with Crippen LogP contribution in [0.25, 0.3) is 0 Å². The number of carboxylic acids is 1. The molecule has 0 spiro atoms. The molecule has 0 heterocycles. The summed E-state index contributed by atoms with van der Waals surface area (Å²) in [5, 5.41) is 9.05. The van der Waals surface area contributed by atoms with Gasteiger partial charge in [-0.1, -0.05) is 19.1 Å². The summed E-state index contributed by atoms with van der Waals surface area (Å²) in [7, 11) is -3.23. The number of hydrogen-bond acceptors (Lipinski definition) is 3. The molecule has 0 saturated carbocycles. The van der Waals surface area contributed by atoms with Crippen LogP contribution in [0.4, 0.5) is 0 Å². The molecule has 0 unspecified atom stereocenters. The van der Waals surface area contributed by atoms with Crippen LogP contribution in [0.5, 0.6) is 0 Å². The number of aliphatic carboxylic acids is 1. The van der Waals surface area contributed by atoms with Crippen molar-refractivity contribution in [3.05, 3.63) is 29.8 Å². The van der Waals surface area contributed by atoms with Crippen molar-refractivity contribution in [2.75, 3.05) is 5.75 Å². The van der Waals surface area contributed by atoms with E-state index in [1.54, 1.807) is 32.9 Å². The fraction of sp³-hybridized carbons (Fsp3) is 0.417. The molecule has 0 amide bonds.